The number of para-hydroxylation sites is 1. The third kappa shape index (κ3) is 4.65. The maximum absolute atomic E-state index is 5.48. The number of benzene rings is 1. The summed E-state index contributed by atoms with van der Waals surface area (Å²) in [5, 5.41) is 7.22. The van der Waals surface area contributed by atoms with Crippen LogP contribution in [-0.2, 0) is 0 Å². The predicted molar refractivity (Wildman–Crippen MR) is 74.5 cm³/mol. The van der Waals surface area contributed by atoms with Gasteiger partial charge in [0, 0.05) is 12.6 Å². The molecule has 2 N–H and O–H groups in total. The van der Waals surface area contributed by atoms with Crippen LogP contribution in [0, 0.1) is 0 Å². The van der Waals surface area contributed by atoms with Gasteiger partial charge in [-0.3, -0.25) is 5.43 Å². The van der Waals surface area contributed by atoms with Crippen molar-refractivity contribution in [2.24, 2.45) is 5.10 Å². The summed E-state index contributed by atoms with van der Waals surface area (Å²) in [6.45, 7) is 4.07. The zero-order chi connectivity index (χ0) is 12.5. The van der Waals surface area contributed by atoms with Gasteiger partial charge in [-0.15, -0.1) is 0 Å². The van der Waals surface area contributed by atoms with Gasteiger partial charge in [-0.25, -0.2) is 0 Å². The molecule has 5 heteroatoms. The quantitative estimate of drug-likeness (QED) is 0.361. The van der Waals surface area contributed by atoms with Crippen LogP contribution in [0.3, 0.4) is 0 Å². The van der Waals surface area contributed by atoms with E-state index in [1.54, 1.807) is 19.3 Å². The summed E-state index contributed by atoms with van der Waals surface area (Å²) in [5.74, 6) is 0.758. The van der Waals surface area contributed by atoms with E-state index in [4.69, 9.17) is 17.0 Å². The highest BCUT2D eigenvalue weighted by atomic mass is 32.1. The SMILES string of the molecule is C=CCOc1ccccc1/C=N\NC(=S)NC. The zero-order valence-corrected chi connectivity index (χ0v) is 10.5. The third-order valence-corrected chi connectivity index (χ3v) is 2.17. The van der Waals surface area contributed by atoms with Crippen molar-refractivity contribution < 1.29 is 4.74 Å². The molecule has 0 aliphatic rings. The molecule has 17 heavy (non-hydrogen) atoms. The number of thiocarbonyl (C=S) groups is 1. The van der Waals surface area contributed by atoms with Gasteiger partial charge in [0.05, 0.1) is 6.21 Å². The van der Waals surface area contributed by atoms with E-state index in [1.165, 1.54) is 0 Å². The lowest BCUT2D eigenvalue weighted by atomic mass is 10.2. The Morgan fingerprint density at radius 3 is 3.00 bits per heavy atom. The molecule has 90 valence electrons. The number of hydrazone groups is 1. The fourth-order valence-corrected chi connectivity index (χ4v) is 1.14. The molecule has 0 aliphatic carbocycles. The molecule has 0 unspecified atom stereocenters. The monoisotopic (exact) mass is 249 g/mol. The minimum Gasteiger partial charge on any atom is -0.489 e. The van der Waals surface area contributed by atoms with Gasteiger partial charge in [0.2, 0.25) is 0 Å². The minimum atomic E-state index is 0.464. The zero-order valence-electron chi connectivity index (χ0n) is 9.64. The van der Waals surface area contributed by atoms with Crippen LogP contribution < -0.4 is 15.5 Å². The molecule has 0 saturated heterocycles. The summed E-state index contributed by atoms with van der Waals surface area (Å²) < 4.78 is 5.48. The van der Waals surface area contributed by atoms with E-state index in [2.05, 4.69) is 22.4 Å². The first-order chi connectivity index (χ1) is 8.27. The number of hydrogen-bond acceptors (Lipinski definition) is 3. The summed E-state index contributed by atoms with van der Waals surface area (Å²) in [5.41, 5.74) is 3.55. The molecule has 0 heterocycles. The summed E-state index contributed by atoms with van der Waals surface area (Å²) in [6.07, 6.45) is 3.35. The number of rotatable bonds is 5. The van der Waals surface area contributed by atoms with E-state index in [-0.39, 0.29) is 0 Å². The summed E-state index contributed by atoms with van der Waals surface area (Å²) in [6, 6.07) is 7.60. The summed E-state index contributed by atoms with van der Waals surface area (Å²) in [4.78, 5) is 0. The number of nitrogens with zero attached hydrogens (tertiary/aromatic N) is 1. The molecule has 1 aromatic carbocycles. The van der Waals surface area contributed by atoms with Gasteiger partial charge >= 0.3 is 0 Å². The van der Waals surface area contributed by atoms with Gasteiger partial charge in [-0.1, -0.05) is 24.8 Å². The van der Waals surface area contributed by atoms with Crippen LogP contribution in [0.25, 0.3) is 0 Å². The van der Waals surface area contributed by atoms with Crippen molar-refractivity contribution in [3.8, 4) is 5.75 Å². The molecule has 1 rings (SSSR count). The second kappa shape index (κ2) is 7.40. The van der Waals surface area contributed by atoms with Gasteiger partial charge in [0.15, 0.2) is 5.11 Å². The van der Waals surface area contributed by atoms with Crippen LogP contribution in [0.1, 0.15) is 5.56 Å². The van der Waals surface area contributed by atoms with Crippen LogP contribution in [0.15, 0.2) is 42.0 Å². The molecule has 0 saturated carbocycles. The normalized spacial score (nSPS) is 9.94. The number of nitrogens with one attached hydrogen (secondary N) is 2. The Kier molecular flexibility index (Phi) is 5.74. The molecule has 0 aromatic heterocycles. The van der Waals surface area contributed by atoms with Crippen molar-refractivity contribution >= 4 is 23.5 Å². The van der Waals surface area contributed by atoms with Crippen LogP contribution in [-0.4, -0.2) is 25.0 Å². The van der Waals surface area contributed by atoms with Crippen molar-refractivity contribution in [2.45, 2.75) is 0 Å². The maximum atomic E-state index is 5.48. The van der Waals surface area contributed by atoms with Gasteiger partial charge < -0.3 is 10.1 Å². The van der Waals surface area contributed by atoms with Crippen molar-refractivity contribution in [1.82, 2.24) is 10.7 Å². The summed E-state index contributed by atoms with van der Waals surface area (Å²) >= 11 is 4.89. The molecule has 0 radical (unpaired) electrons. The van der Waals surface area contributed by atoms with Crippen molar-refractivity contribution in [2.75, 3.05) is 13.7 Å². The Balaban J connectivity index is 2.68. The molecule has 0 amide bonds. The van der Waals surface area contributed by atoms with E-state index >= 15 is 0 Å². The Morgan fingerprint density at radius 2 is 2.29 bits per heavy atom. The molecule has 0 fully saturated rings. The summed E-state index contributed by atoms with van der Waals surface area (Å²) in [7, 11) is 1.73. The van der Waals surface area contributed by atoms with Gasteiger partial charge in [-0.05, 0) is 24.4 Å². The van der Waals surface area contributed by atoms with E-state index in [1.807, 2.05) is 24.3 Å². The Bertz CT molecular complexity index is 418. The number of ether oxygens (including phenoxy) is 1. The molecule has 0 atom stereocenters. The molecule has 0 aliphatic heterocycles. The topological polar surface area (TPSA) is 45.6 Å². The maximum Gasteiger partial charge on any atom is 0.186 e. The average molecular weight is 249 g/mol. The smallest absolute Gasteiger partial charge is 0.186 e. The highest BCUT2D eigenvalue weighted by Gasteiger charge is 1.98. The second-order valence-corrected chi connectivity index (χ2v) is 3.49. The van der Waals surface area contributed by atoms with Gasteiger partial charge in [0.25, 0.3) is 0 Å². The van der Waals surface area contributed by atoms with E-state index in [0.29, 0.717) is 11.7 Å². The molecule has 0 spiro atoms. The van der Waals surface area contributed by atoms with E-state index in [9.17, 15) is 0 Å². The second-order valence-electron chi connectivity index (χ2n) is 3.09. The van der Waals surface area contributed by atoms with Crippen molar-refractivity contribution in [3.05, 3.63) is 42.5 Å². The third-order valence-electron chi connectivity index (χ3n) is 1.87. The van der Waals surface area contributed by atoms with E-state index < -0.39 is 0 Å². The predicted octanol–water partition coefficient (Wildman–Crippen LogP) is 1.68. The Hall–Kier alpha value is -1.88. The largest absolute Gasteiger partial charge is 0.489 e. The van der Waals surface area contributed by atoms with Crippen LogP contribution in [0.5, 0.6) is 5.75 Å². The minimum absolute atomic E-state index is 0.464. The Labute approximate surface area is 106 Å². The first-order valence-electron chi connectivity index (χ1n) is 5.11. The standard InChI is InChI=1S/C12H15N3OS/c1-3-8-16-11-7-5-4-6-10(11)9-14-15-12(17)13-2/h3-7,9H,1,8H2,2H3,(H2,13,15,17)/b14-9-. The van der Waals surface area contributed by atoms with Gasteiger partial charge in [0.1, 0.15) is 12.4 Å². The molecule has 1 aromatic rings. The van der Waals surface area contributed by atoms with Gasteiger partial charge in [-0.2, -0.15) is 5.10 Å². The number of hydrogen-bond donors (Lipinski definition) is 2. The van der Waals surface area contributed by atoms with Crippen LogP contribution in [0.2, 0.25) is 0 Å². The first-order valence-corrected chi connectivity index (χ1v) is 5.52. The van der Waals surface area contributed by atoms with Crippen LogP contribution in [0.4, 0.5) is 0 Å². The lowest BCUT2D eigenvalue weighted by molar-refractivity contribution is 0.362. The van der Waals surface area contributed by atoms with E-state index in [0.717, 1.165) is 11.3 Å². The highest BCUT2D eigenvalue weighted by Crippen LogP contribution is 2.15. The van der Waals surface area contributed by atoms with Crippen LogP contribution >= 0.6 is 12.2 Å². The molecular formula is C12H15N3OS. The fourth-order valence-electron chi connectivity index (χ4n) is 1.08. The highest BCUT2D eigenvalue weighted by molar-refractivity contribution is 7.80. The Morgan fingerprint density at radius 1 is 1.53 bits per heavy atom. The lowest BCUT2D eigenvalue weighted by Gasteiger charge is -2.06. The first kappa shape index (κ1) is 13.2. The fraction of sp³-hybridized carbons (Fsp3) is 0.167. The van der Waals surface area contributed by atoms with Crippen molar-refractivity contribution in [1.29, 1.82) is 0 Å². The molecule has 4 nitrogen and oxygen atoms in total. The van der Waals surface area contributed by atoms with Crippen molar-refractivity contribution in [3.63, 3.8) is 0 Å². The lowest BCUT2D eigenvalue weighted by Crippen LogP contribution is -2.28. The molecular weight excluding hydrogens is 234 g/mol. The molecule has 0 bridgehead atoms. The average Bonchev–Trinajstić information content (AvgIpc) is 2.37.